The van der Waals surface area contributed by atoms with Crippen molar-refractivity contribution in [1.82, 2.24) is 0 Å². The van der Waals surface area contributed by atoms with Gasteiger partial charge < -0.3 is 9.47 Å². The van der Waals surface area contributed by atoms with Crippen molar-refractivity contribution in [3.05, 3.63) is 23.3 Å². The van der Waals surface area contributed by atoms with Gasteiger partial charge >= 0.3 is 0 Å². The zero-order chi connectivity index (χ0) is 14.6. The van der Waals surface area contributed by atoms with E-state index < -0.39 is 5.79 Å². The lowest BCUT2D eigenvalue weighted by Crippen LogP contribution is -2.30. The van der Waals surface area contributed by atoms with Gasteiger partial charge in [0.25, 0.3) is 0 Å². The molecule has 2 heteroatoms. The van der Waals surface area contributed by atoms with Gasteiger partial charge in [0.2, 0.25) is 5.79 Å². The van der Waals surface area contributed by atoms with Gasteiger partial charge in [0.1, 0.15) is 0 Å². The van der Waals surface area contributed by atoms with Gasteiger partial charge in [-0.05, 0) is 22.5 Å². The van der Waals surface area contributed by atoms with Crippen LogP contribution in [0.3, 0.4) is 0 Å². The van der Waals surface area contributed by atoms with Crippen LogP contribution in [0.4, 0.5) is 0 Å². The number of ether oxygens (including phenoxy) is 2. The van der Waals surface area contributed by atoms with E-state index in [2.05, 4.69) is 53.7 Å². The summed E-state index contributed by atoms with van der Waals surface area (Å²) in [4.78, 5) is 0. The molecule has 1 aliphatic rings. The monoisotopic (exact) mass is 262 g/mol. The Labute approximate surface area is 117 Å². The van der Waals surface area contributed by atoms with E-state index >= 15 is 0 Å². The minimum Gasteiger partial charge on any atom is -0.449 e. The van der Waals surface area contributed by atoms with Crippen molar-refractivity contribution in [2.45, 2.75) is 72.0 Å². The van der Waals surface area contributed by atoms with Crippen molar-refractivity contribution < 1.29 is 9.47 Å². The first kappa shape index (κ1) is 14.2. The normalized spacial score (nSPS) is 17.7. The number of hydrogen-bond acceptors (Lipinski definition) is 2. The van der Waals surface area contributed by atoms with Crippen LogP contribution in [0, 0.1) is 0 Å². The van der Waals surface area contributed by atoms with Crippen LogP contribution >= 0.6 is 0 Å². The van der Waals surface area contributed by atoms with Gasteiger partial charge in [-0.15, -0.1) is 0 Å². The second-order valence-corrected chi connectivity index (χ2v) is 7.96. The second kappa shape index (κ2) is 3.91. The summed E-state index contributed by atoms with van der Waals surface area (Å²) in [5, 5.41) is 0. The molecule has 1 heterocycles. The molecular formula is C17H26O2. The predicted octanol–water partition coefficient (Wildman–Crippen LogP) is 4.79. The van der Waals surface area contributed by atoms with E-state index in [0.29, 0.717) is 0 Å². The summed E-state index contributed by atoms with van der Waals surface area (Å²) in [6.07, 6.45) is 0. The highest BCUT2D eigenvalue weighted by Gasteiger charge is 2.37. The first-order valence-electron chi connectivity index (χ1n) is 6.97. The molecule has 2 nitrogen and oxygen atoms in total. The Morgan fingerprint density at radius 2 is 1.42 bits per heavy atom. The molecule has 0 aliphatic carbocycles. The van der Waals surface area contributed by atoms with Crippen LogP contribution in [-0.2, 0) is 10.8 Å². The molecule has 0 N–H and O–H groups in total. The lowest BCUT2D eigenvalue weighted by Gasteiger charge is -2.26. The predicted molar refractivity (Wildman–Crippen MR) is 79.2 cm³/mol. The summed E-state index contributed by atoms with van der Waals surface area (Å²) in [6, 6.07) is 4.39. The Bertz CT molecular complexity index is 499. The Morgan fingerprint density at radius 3 is 1.89 bits per heavy atom. The number of hydrogen-bond donors (Lipinski definition) is 0. The van der Waals surface area contributed by atoms with Crippen LogP contribution in [0.15, 0.2) is 12.1 Å². The van der Waals surface area contributed by atoms with Crippen molar-refractivity contribution in [2.24, 2.45) is 0 Å². The van der Waals surface area contributed by atoms with E-state index in [1.165, 1.54) is 11.1 Å². The number of fused-ring (bicyclic) bond motifs is 1. The quantitative estimate of drug-likeness (QED) is 0.669. The molecule has 0 amide bonds. The zero-order valence-electron chi connectivity index (χ0n) is 13.5. The molecule has 1 aromatic carbocycles. The molecule has 0 bridgehead atoms. The van der Waals surface area contributed by atoms with Crippen molar-refractivity contribution in [2.75, 3.05) is 0 Å². The molecule has 106 valence electrons. The van der Waals surface area contributed by atoms with Crippen LogP contribution in [0.25, 0.3) is 0 Å². The van der Waals surface area contributed by atoms with Crippen LogP contribution in [0.2, 0.25) is 0 Å². The van der Waals surface area contributed by atoms with E-state index in [1.807, 2.05) is 13.8 Å². The molecule has 0 atom stereocenters. The molecule has 0 aromatic heterocycles. The Hall–Kier alpha value is -1.18. The summed E-state index contributed by atoms with van der Waals surface area (Å²) < 4.78 is 11.9. The van der Waals surface area contributed by atoms with E-state index in [-0.39, 0.29) is 10.8 Å². The zero-order valence-corrected chi connectivity index (χ0v) is 13.5. The third kappa shape index (κ3) is 2.72. The van der Waals surface area contributed by atoms with Gasteiger partial charge in [0, 0.05) is 19.4 Å². The lowest BCUT2D eigenvalue weighted by atomic mass is 9.80. The van der Waals surface area contributed by atoms with Crippen molar-refractivity contribution >= 4 is 0 Å². The molecule has 0 fully saturated rings. The molecule has 0 spiro atoms. The topological polar surface area (TPSA) is 18.5 Å². The highest BCUT2D eigenvalue weighted by molar-refractivity contribution is 5.55. The molecule has 1 aromatic rings. The minimum absolute atomic E-state index is 0.0368. The molecule has 19 heavy (non-hydrogen) atoms. The fraction of sp³-hybridized carbons (Fsp3) is 0.647. The second-order valence-electron chi connectivity index (χ2n) is 7.96. The van der Waals surface area contributed by atoms with Crippen molar-refractivity contribution in [3.63, 3.8) is 0 Å². The maximum atomic E-state index is 6.00. The summed E-state index contributed by atoms with van der Waals surface area (Å²) in [5.74, 6) is 1.21. The Kier molecular flexibility index (Phi) is 2.93. The molecule has 0 unspecified atom stereocenters. The first-order valence-corrected chi connectivity index (χ1v) is 6.97. The van der Waals surface area contributed by atoms with Gasteiger partial charge in [0.05, 0.1) is 0 Å². The Morgan fingerprint density at radius 1 is 0.842 bits per heavy atom. The van der Waals surface area contributed by atoms with Gasteiger partial charge in [-0.2, -0.15) is 0 Å². The fourth-order valence-corrected chi connectivity index (χ4v) is 2.30. The van der Waals surface area contributed by atoms with E-state index in [0.717, 1.165) is 11.5 Å². The average Bonchev–Trinajstić information content (AvgIpc) is 2.46. The highest BCUT2D eigenvalue weighted by Crippen LogP contribution is 2.48. The van der Waals surface area contributed by atoms with Crippen LogP contribution in [-0.4, -0.2) is 5.79 Å². The SMILES string of the molecule is CC1(C)Oc2cc(C(C)(C)C)cc(C(C)(C)C)c2O1. The smallest absolute Gasteiger partial charge is 0.246 e. The maximum absolute atomic E-state index is 6.00. The molecule has 0 radical (unpaired) electrons. The average molecular weight is 262 g/mol. The van der Waals surface area contributed by atoms with E-state index in [4.69, 9.17) is 9.47 Å². The summed E-state index contributed by atoms with van der Waals surface area (Å²) in [6.45, 7) is 17.2. The molecule has 2 rings (SSSR count). The lowest BCUT2D eigenvalue weighted by molar-refractivity contribution is -0.0437. The summed E-state index contributed by atoms with van der Waals surface area (Å²) >= 11 is 0. The van der Waals surface area contributed by atoms with Crippen molar-refractivity contribution in [1.29, 1.82) is 0 Å². The number of benzene rings is 1. The highest BCUT2D eigenvalue weighted by atomic mass is 16.7. The largest absolute Gasteiger partial charge is 0.449 e. The summed E-state index contributed by atoms with van der Waals surface area (Å²) in [5.41, 5.74) is 2.65. The van der Waals surface area contributed by atoms with Crippen LogP contribution in [0.5, 0.6) is 11.5 Å². The fourth-order valence-electron chi connectivity index (χ4n) is 2.30. The third-order valence-corrected chi connectivity index (χ3v) is 3.43. The Balaban J connectivity index is 2.65. The maximum Gasteiger partial charge on any atom is 0.246 e. The molecule has 0 saturated heterocycles. The van der Waals surface area contributed by atoms with Gasteiger partial charge in [-0.25, -0.2) is 0 Å². The van der Waals surface area contributed by atoms with Gasteiger partial charge in [0.15, 0.2) is 11.5 Å². The van der Waals surface area contributed by atoms with E-state index in [1.54, 1.807) is 0 Å². The van der Waals surface area contributed by atoms with Crippen molar-refractivity contribution in [3.8, 4) is 11.5 Å². The summed E-state index contributed by atoms with van der Waals surface area (Å²) in [7, 11) is 0. The van der Waals surface area contributed by atoms with Crippen LogP contribution in [0.1, 0.15) is 66.5 Å². The number of rotatable bonds is 0. The molecule has 0 saturated carbocycles. The standard InChI is InChI=1S/C17H26O2/c1-15(2,3)11-9-12(16(4,5)6)14-13(10-11)18-17(7,8)19-14/h9-10H,1-8H3. The van der Waals surface area contributed by atoms with Gasteiger partial charge in [-0.1, -0.05) is 47.6 Å². The third-order valence-electron chi connectivity index (χ3n) is 3.43. The molecular weight excluding hydrogens is 236 g/mol. The van der Waals surface area contributed by atoms with Crippen LogP contribution < -0.4 is 9.47 Å². The minimum atomic E-state index is -0.571. The van der Waals surface area contributed by atoms with E-state index in [9.17, 15) is 0 Å². The molecule has 1 aliphatic heterocycles. The first-order chi connectivity index (χ1) is 8.40. The van der Waals surface area contributed by atoms with Gasteiger partial charge in [-0.3, -0.25) is 0 Å².